The fourth-order valence-electron chi connectivity index (χ4n) is 1.98. The van der Waals surface area contributed by atoms with Crippen molar-refractivity contribution in [3.05, 3.63) is 34.7 Å². The van der Waals surface area contributed by atoms with Crippen molar-refractivity contribution in [2.45, 2.75) is 13.8 Å². The summed E-state index contributed by atoms with van der Waals surface area (Å²) in [5.41, 5.74) is 10.3. The van der Waals surface area contributed by atoms with Crippen molar-refractivity contribution in [3.63, 3.8) is 0 Å². The molecule has 17 heavy (non-hydrogen) atoms. The molecule has 2 N–H and O–H groups in total. The van der Waals surface area contributed by atoms with Gasteiger partial charge in [-0.15, -0.1) is 16.4 Å². The zero-order chi connectivity index (χ0) is 12.0. The molecule has 0 unspecified atom stereocenters. The molecule has 1 aromatic carbocycles. The van der Waals surface area contributed by atoms with E-state index in [2.05, 4.69) is 47.5 Å². The van der Waals surface area contributed by atoms with Gasteiger partial charge in [-0.3, -0.25) is 0 Å². The highest BCUT2D eigenvalue weighted by Crippen LogP contribution is 2.28. The van der Waals surface area contributed by atoms with Gasteiger partial charge in [-0.1, -0.05) is 23.8 Å². The minimum Gasteiger partial charge on any atom is -0.366 e. The molecule has 0 atom stereocenters. The van der Waals surface area contributed by atoms with Crippen LogP contribution in [-0.4, -0.2) is 14.6 Å². The lowest BCUT2D eigenvalue weighted by Crippen LogP contribution is -1.93. The summed E-state index contributed by atoms with van der Waals surface area (Å²) in [6, 6.07) is 6.38. The number of nitrogens with two attached hydrogens (primary N) is 1. The highest BCUT2D eigenvalue weighted by atomic mass is 32.1. The first-order valence-corrected chi connectivity index (χ1v) is 6.20. The van der Waals surface area contributed by atoms with Gasteiger partial charge in [0.25, 0.3) is 0 Å². The van der Waals surface area contributed by atoms with Gasteiger partial charge in [-0.2, -0.15) is 4.98 Å². The Labute approximate surface area is 103 Å². The van der Waals surface area contributed by atoms with E-state index in [0.29, 0.717) is 5.95 Å². The third kappa shape index (κ3) is 1.59. The Kier molecular flexibility index (Phi) is 2.16. The highest BCUT2D eigenvalue weighted by molar-refractivity contribution is 7.15. The molecule has 0 saturated carbocycles. The second-order valence-electron chi connectivity index (χ2n) is 4.10. The van der Waals surface area contributed by atoms with Gasteiger partial charge in [0.05, 0.1) is 5.69 Å². The summed E-state index contributed by atoms with van der Waals surface area (Å²) >= 11 is 1.55. The molecule has 86 valence electrons. The monoisotopic (exact) mass is 244 g/mol. The van der Waals surface area contributed by atoms with Crippen molar-refractivity contribution >= 4 is 22.2 Å². The smallest absolute Gasteiger partial charge is 0.241 e. The standard InChI is InChI=1S/C12H12N4S/c1-7-3-4-9(8(2)5-7)10-6-17-12-14-11(13)15-16(10)12/h3-6H,1-2H3,(H2,13,15). The Balaban J connectivity index is 2.26. The van der Waals surface area contributed by atoms with E-state index in [0.717, 1.165) is 10.7 Å². The molecule has 0 spiro atoms. The molecule has 0 aliphatic carbocycles. The van der Waals surface area contributed by atoms with Crippen LogP contribution in [0.5, 0.6) is 0 Å². The zero-order valence-corrected chi connectivity index (χ0v) is 10.5. The lowest BCUT2D eigenvalue weighted by molar-refractivity contribution is 0.990. The maximum absolute atomic E-state index is 5.61. The van der Waals surface area contributed by atoms with E-state index in [1.807, 2.05) is 0 Å². The molecule has 4 nitrogen and oxygen atoms in total. The van der Waals surface area contributed by atoms with Gasteiger partial charge in [-0.05, 0) is 19.4 Å². The number of aryl methyl sites for hydroxylation is 2. The maximum Gasteiger partial charge on any atom is 0.241 e. The first kappa shape index (κ1) is 10.3. The van der Waals surface area contributed by atoms with Crippen molar-refractivity contribution in [2.24, 2.45) is 0 Å². The Morgan fingerprint density at radius 1 is 1.29 bits per heavy atom. The summed E-state index contributed by atoms with van der Waals surface area (Å²) in [5.74, 6) is 0.322. The molecular formula is C12H12N4S. The molecule has 2 heterocycles. The Morgan fingerprint density at radius 3 is 2.88 bits per heavy atom. The summed E-state index contributed by atoms with van der Waals surface area (Å²) in [5, 5.41) is 6.27. The first-order valence-electron chi connectivity index (χ1n) is 5.32. The minimum absolute atomic E-state index is 0.322. The van der Waals surface area contributed by atoms with Crippen LogP contribution in [0.2, 0.25) is 0 Å². The molecule has 3 aromatic rings. The number of thiazole rings is 1. The first-order chi connectivity index (χ1) is 8.15. The highest BCUT2D eigenvalue weighted by Gasteiger charge is 2.11. The van der Waals surface area contributed by atoms with Crippen LogP contribution < -0.4 is 5.73 Å². The van der Waals surface area contributed by atoms with Gasteiger partial charge in [0.2, 0.25) is 10.9 Å². The molecule has 0 bridgehead atoms. The van der Waals surface area contributed by atoms with Crippen LogP contribution in [0.25, 0.3) is 16.2 Å². The number of nitrogen functional groups attached to an aromatic ring is 1. The van der Waals surface area contributed by atoms with Crippen molar-refractivity contribution in [1.29, 1.82) is 0 Å². The molecule has 0 radical (unpaired) electrons. The Bertz CT molecular complexity index is 696. The fraction of sp³-hybridized carbons (Fsp3) is 0.167. The number of fused-ring (bicyclic) bond motifs is 1. The number of aromatic nitrogens is 3. The van der Waals surface area contributed by atoms with E-state index in [9.17, 15) is 0 Å². The number of hydrogen-bond acceptors (Lipinski definition) is 4. The number of hydrogen-bond donors (Lipinski definition) is 1. The normalized spacial score (nSPS) is 11.2. The number of rotatable bonds is 1. The number of nitrogens with zero attached hydrogens (tertiary/aromatic N) is 3. The molecule has 0 saturated heterocycles. The van der Waals surface area contributed by atoms with Crippen molar-refractivity contribution in [1.82, 2.24) is 14.6 Å². The lowest BCUT2D eigenvalue weighted by atomic mass is 10.0. The van der Waals surface area contributed by atoms with Gasteiger partial charge >= 0.3 is 0 Å². The Hall–Kier alpha value is -1.88. The molecule has 0 fully saturated rings. The van der Waals surface area contributed by atoms with E-state index < -0.39 is 0 Å². The summed E-state index contributed by atoms with van der Waals surface area (Å²) in [6.07, 6.45) is 0. The zero-order valence-electron chi connectivity index (χ0n) is 9.64. The minimum atomic E-state index is 0.322. The largest absolute Gasteiger partial charge is 0.366 e. The van der Waals surface area contributed by atoms with Crippen LogP contribution in [0.3, 0.4) is 0 Å². The summed E-state index contributed by atoms with van der Waals surface area (Å²) in [4.78, 5) is 4.99. The van der Waals surface area contributed by atoms with Gasteiger partial charge in [0, 0.05) is 10.9 Å². The predicted molar refractivity (Wildman–Crippen MR) is 70.2 cm³/mol. The molecule has 0 aliphatic rings. The van der Waals surface area contributed by atoms with E-state index in [1.165, 1.54) is 16.7 Å². The molecule has 2 aromatic heterocycles. The van der Waals surface area contributed by atoms with Crippen molar-refractivity contribution in [2.75, 3.05) is 5.73 Å². The van der Waals surface area contributed by atoms with E-state index in [4.69, 9.17) is 5.73 Å². The van der Waals surface area contributed by atoms with Gasteiger partial charge < -0.3 is 5.73 Å². The average molecular weight is 244 g/mol. The van der Waals surface area contributed by atoms with Crippen LogP contribution in [0.15, 0.2) is 23.6 Å². The van der Waals surface area contributed by atoms with Crippen LogP contribution in [0, 0.1) is 13.8 Å². The van der Waals surface area contributed by atoms with Crippen molar-refractivity contribution < 1.29 is 0 Å². The SMILES string of the molecule is Cc1ccc(-c2csc3nc(N)nn23)c(C)c1. The predicted octanol–water partition coefficient (Wildman–Crippen LogP) is 2.66. The van der Waals surface area contributed by atoms with E-state index in [1.54, 1.807) is 15.9 Å². The molecule has 5 heteroatoms. The fourth-order valence-corrected chi connectivity index (χ4v) is 2.81. The van der Waals surface area contributed by atoms with Gasteiger partial charge in [0.1, 0.15) is 0 Å². The molecular weight excluding hydrogens is 232 g/mol. The maximum atomic E-state index is 5.61. The quantitative estimate of drug-likeness (QED) is 0.716. The summed E-state index contributed by atoms with van der Waals surface area (Å²) < 4.78 is 1.80. The van der Waals surface area contributed by atoms with Crippen LogP contribution in [0.1, 0.15) is 11.1 Å². The Morgan fingerprint density at radius 2 is 2.12 bits per heavy atom. The third-order valence-electron chi connectivity index (χ3n) is 2.76. The van der Waals surface area contributed by atoms with Crippen LogP contribution in [0.4, 0.5) is 5.95 Å². The summed E-state index contributed by atoms with van der Waals surface area (Å²) in [7, 11) is 0. The second kappa shape index (κ2) is 3.56. The molecule has 0 aliphatic heterocycles. The van der Waals surface area contributed by atoms with Gasteiger partial charge in [0.15, 0.2) is 0 Å². The van der Waals surface area contributed by atoms with Crippen molar-refractivity contribution in [3.8, 4) is 11.3 Å². The average Bonchev–Trinajstić information content (AvgIpc) is 2.78. The van der Waals surface area contributed by atoms with Crippen LogP contribution in [-0.2, 0) is 0 Å². The number of anilines is 1. The van der Waals surface area contributed by atoms with Crippen LogP contribution >= 0.6 is 11.3 Å². The van der Waals surface area contributed by atoms with E-state index in [-0.39, 0.29) is 0 Å². The molecule has 3 rings (SSSR count). The molecule has 0 amide bonds. The third-order valence-corrected chi connectivity index (χ3v) is 3.57. The number of benzene rings is 1. The second-order valence-corrected chi connectivity index (χ2v) is 4.94. The topological polar surface area (TPSA) is 56.2 Å². The van der Waals surface area contributed by atoms with E-state index >= 15 is 0 Å². The lowest BCUT2D eigenvalue weighted by Gasteiger charge is -2.04. The summed E-state index contributed by atoms with van der Waals surface area (Å²) in [6.45, 7) is 4.19. The van der Waals surface area contributed by atoms with Gasteiger partial charge in [-0.25, -0.2) is 4.52 Å².